The molecule has 1 fully saturated rings. The number of hydrogen-bond donors (Lipinski definition) is 1. The van der Waals surface area contributed by atoms with Crippen LogP contribution in [0.5, 0.6) is 0 Å². The smallest absolute Gasteiger partial charge is 0.0705 e. The maximum Gasteiger partial charge on any atom is 0.0705 e. The van der Waals surface area contributed by atoms with Gasteiger partial charge in [0.15, 0.2) is 0 Å². The molecular formula is C13H14ClN3. The topological polar surface area (TPSA) is 43.8 Å². The fourth-order valence-corrected chi connectivity index (χ4v) is 2.16. The van der Waals surface area contributed by atoms with E-state index in [4.69, 9.17) is 17.3 Å². The lowest BCUT2D eigenvalue weighted by atomic mass is 10.2. The third kappa shape index (κ3) is 2.08. The van der Waals surface area contributed by atoms with Gasteiger partial charge in [-0.15, -0.1) is 0 Å². The first kappa shape index (κ1) is 10.8. The van der Waals surface area contributed by atoms with Crippen LogP contribution in [0.2, 0.25) is 5.02 Å². The summed E-state index contributed by atoms with van der Waals surface area (Å²) in [4.78, 5) is 0. The Bertz CT molecular complexity index is 543. The molecule has 1 aromatic carbocycles. The highest BCUT2D eigenvalue weighted by atomic mass is 35.5. The van der Waals surface area contributed by atoms with Crippen LogP contribution in [0.4, 0.5) is 0 Å². The summed E-state index contributed by atoms with van der Waals surface area (Å²) in [5.74, 6) is 0.664. The molecule has 0 amide bonds. The van der Waals surface area contributed by atoms with E-state index in [1.165, 1.54) is 18.5 Å². The van der Waals surface area contributed by atoms with Gasteiger partial charge in [-0.05, 0) is 36.6 Å². The van der Waals surface area contributed by atoms with E-state index in [-0.39, 0.29) is 0 Å². The van der Waals surface area contributed by atoms with Gasteiger partial charge in [-0.2, -0.15) is 5.10 Å². The summed E-state index contributed by atoms with van der Waals surface area (Å²) < 4.78 is 1.88. The van der Waals surface area contributed by atoms with E-state index in [2.05, 4.69) is 11.2 Å². The summed E-state index contributed by atoms with van der Waals surface area (Å²) in [7, 11) is 0. The number of rotatable bonds is 3. The maximum atomic E-state index is 6.02. The SMILES string of the molecule is NCc1ccc(Cl)cc1-n1ccc(C2CC2)n1. The Labute approximate surface area is 105 Å². The van der Waals surface area contributed by atoms with Gasteiger partial charge in [0.05, 0.1) is 11.4 Å². The van der Waals surface area contributed by atoms with E-state index >= 15 is 0 Å². The molecule has 4 heteroatoms. The van der Waals surface area contributed by atoms with Crippen molar-refractivity contribution in [2.24, 2.45) is 5.73 Å². The van der Waals surface area contributed by atoms with Crippen LogP contribution < -0.4 is 5.73 Å². The van der Waals surface area contributed by atoms with Gasteiger partial charge in [0, 0.05) is 23.7 Å². The average Bonchev–Trinajstić information content (AvgIpc) is 3.07. The lowest BCUT2D eigenvalue weighted by Gasteiger charge is -2.08. The second kappa shape index (κ2) is 4.17. The van der Waals surface area contributed by atoms with E-state index < -0.39 is 0 Å². The summed E-state index contributed by atoms with van der Waals surface area (Å²) in [5.41, 5.74) is 8.94. The quantitative estimate of drug-likeness (QED) is 0.907. The number of benzene rings is 1. The molecule has 1 aliphatic rings. The first-order chi connectivity index (χ1) is 8.28. The molecule has 1 heterocycles. The first-order valence-corrected chi connectivity index (χ1v) is 6.20. The Kier molecular flexibility index (Phi) is 2.65. The highest BCUT2D eigenvalue weighted by Gasteiger charge is 2.26. The van der Waals surface area contributed by atoms with Crippen molar-refractivity contribution in [3.8, 4) is 5.69 Å². The molecule has 0 bridgehead atoms. The van der Waals surface area contributed by atoms with Crippen molar-refractivity contribution in [3.63, 3.8) is 0 Å². The summed E-state index contributed by atoms with van der Waals surface area (Å²) in [6, 6.07) is 7.81. The summed E-state index contributed by atoms with van der Waals surface area (Å²) in [6.45, 7) is 0.491. The molecule has 1 saturated carbocycles. The molecule has 2 N–H and O–H groups in total. The molecule has 3 rings (SSSR count). The van der Waals surface area contributed by atoms with Crippen LogP contribution in [0, 0.1) is 0 Å². The van der Waals surface area contributed by atoms with Crippen molar-refractivity contribution in [3.05, 3.63) is 46.7 Å². The minimum absolute atomic E-state index is 0.491. The van der Waals surface area contributed by atoms with Crippen molar-refractivity contribution in [1.82, 2.24) is 9.78 Å². The summed E-state index contributed by atoms with van der Waals surface area (Å²) >= 11 is 6.02. The number of halogens is 1. The van der Waals surface area contributed by atoms with E-state index in [0.29, 0.717) is 17.5 Å². The third-order valence-electron chi connectivity index (χ3n) is 3.12. The summed E-state index contributed by atoms with van der Waals surface area (Å²) in [6.07, 6.45) is 4.51. The van der Waals surface area contributed by atoms with Gasteiger partial charge >= 0.3 is 0 Å². The Morgan fingerprint density at radius 3 is 2.88 bits per heavy atom. The van der Waals surface area contributed by atoms with Gasteiger partial charge in [0.2, 0.25) is 0 Å². The highest BCUT2D eigenvalue weighted by molar-refractivity contribution is 6.30. The fourth-order valence-electron chi connectivity index (χ4n) is 1.99. The van der Waals surface area contributed by atoms with Crippen LogP contribution in [0.1, 0.15) is 30.0 Å². The molecule has 0 unspecified atom stereocenters. The Morgan fingerprint density at radius 2 is 2.18 bits per heavy atom. The summed E-state index contributed by atoms with van der Waals surface area (Å²) in [5, 5.41) is 5.30. The zero-order chi connectivity index (χ0) is 11.8. The number of nitrogens with zero attached hydrogens (tertiary/aromatic N) is 2. The molecule has 3 nitrogen and oxygen atoms in total. The predicted octanol–water partition coefficient (Wildman–Crippen LogP) is 2.86. The Balaban J connectivity index is 2.03. The molecule has 2 aromatic rings. The van der Waals surface area contributed by atoms with E-state index in [0.717, 1.165) is 11.3 Å². The largest absolute Gasteiger partial charge is 0.326 e. The number of hydrogen-bond acceptors (Lipinski definition) is 2. The van der Waals surface area contributed by atoms with Crippen LogP contribution in [0.25, 0.3) is 5.69 Å². The predicted molar refractivity (Wildman–Crippen MR) is 68.4 cm³/mol. The van der Waals surface area contributed by atoms with Gasteiger partial charge < -0.3 is 5.73 Å². The van der Waals surface area contributed by atoms with Crippen LogP contribution >= 0.6 is 11.6 Å². The Hall–Kier alpha value is -1.32. The standard InChI is InChI=1S/C13H14ClN3/c14-11-4-3-10(8-15)13(7-11)17-6-5-12(16-17)9-1-2-9/h3-7,9H,1-2,8,15H2. The molecule has 88 valence electrons. The second-order valence-electron chi connectivity index (χ2n) is 4.44. The van der Waals surface area contributed by atoms with Gasteiger partial charge in [0.25, 0.3) is 0 Å². The molecule has 0 spiro atoms. The molecule has 1 aliphatic carbocycles. The third-order valence-corrected chi connectivity index (χ3v) is 3.35. The molecule has 0 saturated heterocycles. The molecular weight excluding hydrogens is 234 g/mol. The highest BCUT2D eigenvalue weighted by Crippen LogP contribution is 2.39. The van der Waals surface area contributed by atoms with Crippen molar-refractivity contribution in [2.75, 3.05) is 0 Å². The molecule has 0 aliphatic heterocycles. The lowest BCUT2D eigenvalue weighted by Crippen LogP contribution is -2.05. The van der Waals surface area contributed by atoms with Gasteiger partial charge in [0.1, 0.15) is 0 Å². The Morgan fingerprint density at radius 1 is 1.35 bits per heavy atom. The van der Waals surface area contributed by atoms with E-state index in [1.807, 2.05) is 29.1 Å². The molecule has 0 atom stereocenters. The van der Waals surface area contributed by atoms with Crippen molar-refractivity contribution in [1.29, 1.82) is 0 Å². The fraction of sp³-hybridized carbons (Fsp3) is 0.308. The number of aromatic nitrogens is 2. The van der Waals surface area contributed by atoms with E-state index in [1.54, 1.807) is 0 Å². The van der Waals surface area contributed by atoms with Gasteiger partial charge in [-0.1, -0.05) is 17.7 Å². The van der Waals surface area contributed by atoms with Crippen molar-refractivity contribution >= 4 is 11.6 Å². The average molecular weight is 248 g/mol. The van der Waals surface area contributed by atoms with Crippen molar-refractivity contribution < 1.29 is 0 Å². The molecule has 0 radical (unpaired) electrons. The van der Waals surface area contributed by atoms with Gasteiger partial charge in [-0.25, -0.2) is 4.68 Å². The number of nitrogens with two attached hydrogens (primary N) is 1. The van der Waals surface area contributed by atoms with Crippen LogP contribution in [0.15, 0.2) is 30.5 Å². The van der Waals surface area contributed by atoms with Crippen LogP contribution in [-0.4, -0.2) is 9.78 Å². The minimum atomic E-state index is 0.491. The second-order valence-corrected chi connectivity index (χ2v) is 4.87. The maximum absolute atomic E-state index is 6.02. The van der Waals surface area contributed by atoms with Gasteiger partial charge in [-0.3, -0.25) is 0 Å². The van der Waals surface area contributed by atoms with Crippen molar-refractivity contribution in [2.45, 2.75) is 25.3 Å². The zero-order valence-electron chi connectivity index (χ0n) is 9.44. The zero-order valence-corrected chi connectivity index (χ0v) is 10.2. The normalized spacial score (nSPS) is 15.2. The molecule has 17 heavy (non-hydrogen) atoms. The minimum Gasteiger partial charge on any atom is -0.326 e. The van der Waals surface area contributed by atoms with E-state index in [9.17, 15) is 0 Å². The van der Waals surface area contributed by atoms with Crippen LogP contribution in [0.3, 0.4) is 0 Å². The molecule has 1 aromatic heterocycles. The lowest BCUT2D eigenvalue weighted by molar-refractivity contribution is 0.823. The first-order valence-electron chi connectivity index (χ1n) is 5.82. The van der Waals surface area contributed by atoms with Crippen LogP contribution in [-0.2, 0) is 6.54 Å². The monoisotopic (exact) mass is 247 g/mol.